The second kappa shape index (κ2) is 7.24. The molecule has 3 saturated heterocycles. The molecule has 29 heavy (non-hydrogen) atoms. The lowest BCUT2D eigenvalue weighted by Crippen LogP contribution is -2.71. The average molecular weight is 430 g/mol. The minimum atomic E-state index is -4.11. The third-order valence-corrected chi connectivity index (χ3v) is 6.56. The summed E-state index contributed by atoms with van der Waals surface area (Å²) in [6.07, 6.45) is -4.11. The van der Waals surface area contributed by atoms with Crippen LogP contribution >= 0.6 is 0 Å². The van der Waals surface area contributed by atoms with Gasteiger partial charge in [-0.1, -0.05) is 17.7 Å². The highest BCUT2D eigenvalue weighted by Crippen LogP contribution is 2.44. The molecule has 3 aliphatic heterocycles. The van der Waals surface area contributed by atoms with Gasteiger partial charge in [-0.25, -0.2) is 0 Å². The SMILES string of the molecule is Cc1ccc(S(=O)(=O)OC[C@]2(O)[C@@H]3OC(C)OC[C@H]3O[C@@H]3OC(C)(C)O[C@@H]32)cc1. The number of rotatable bonds is 4. The predicted octanol–water partition coefficient (Wildman–Crippen LogP) is 1.07. The van der Waals surface area contributed by atoms with E-state index < -0.39 is 59.0 Å². The normalized spacial score (nSPS) is 39.0. The molecule has 0 spiro atoms. The van der Waals surface area contributed by atoms with E-state index in [9.17, 15) is 13.5 Å². The van der Waals surface area contributed by atoms with Crippen molar-refractivity contribution in [1.82, 2.24) is 0 Å². The molecule has 4 rings (SSSR count). The molecule has 0 bridgehead atoms. The summed E-state index contributed by atoms with van der Waals surface area (Å²) in [5.41, 5.74) is -0.919. The largest absolute Gasteiger partial charge is 0.382 e. The summed E-state index contributed by atoms with van der Waals surface area (Å²) < 4.78 is 59.3. The first-order valence-electron chi connectivity index (χ1n) is 9.47. The number of ether oxygens (including phenoxy) is 5. The molecule has 10 heteroatoms. The Bertz CT molecular complexity index is 849. The molecule has 3 heterocycles. The number of aliphatic hydroxyl groups is 1. The summed E-state index contributed by atoms with van der Waals surface area (Å²) in [6.45, 7) is 6.48. The van der Waals surface area contributed by atoms with Crippen LogP contribution < -0.4 is 0 Å². The van der Waals surface area contributed by atoms with Crippen LogP contribution in [0.5, 0.6) is 0 Å². The van der Waals surface area contributed by atoms with Gasteiger partial charge in [0.1, 0.15) is 30.5 Å². The zero-order chi connectivity index (χ0) is 21.0. The summed E-state index contributed by atoms with van der Waals surface area (Å²) in [4.78, 5) is -0.00274. The van der Waals surface area contributed by atoms with Crippen molar-refractivity contribution >= 4 is 10.1 Å². The Kier molecular flexibility index (Phi) is 5.28. The Morgan fingerprint density at radius 2 is 1.83 bits per heavy atom. The van der Waals surface area contributed by atoms with Gasteiger partial charge in [-0.15, -0.1) is 0 Å². The fraction of sp³-hybridized carbons (Fsp3) is 0.684. The molecule has 3 aliphatic rings. The first-order chi connectivity index (χ1) is 13.5. The first kappa shape index (κ1) is 21.1. The quantitative estimate of drug-likeness (QED) is 0.701. The van der Waals surface area contributed by atoms with E-state index in [0.717, 1.165) is 5.56 Å². The van der Waals surface area contributed by atoms with E-state index in [4.69, 9.17) is 27.9 Å². The highest BCUT2D eigenvalue weighted by molar-refractivity contribution is 7.86. The molecule has 0 aliphatic carbocycles. The van der Waals surface area contributed by atoms with Crippen LogP contribution in [0.25, 0.3) is 0 Å². The molecule has 0 saturated carbocycles. The van der Waals surface area contributed by atoms with Gasteiger partial charge in [-0.05, 0) is 39.8 Å². The van der Waals surface area contributed by atoms with Gasteiger partial charge in [0.15, 0.2) is 18.4 Å². The molecule has 162 valence electrons. The van der Waals surface area contributed by atoms with E-state index in [2.05, 4.69) is 0 Å². The van der Waals surface area contributed by atoms with E-state index in [1.807, 2.05) is 6.92 Å². The number of aryl methyl sites for hydroxylation is 1. The third kappa shape index (κ3) is 3.96. The van der Waals surface area contributed by atoms with Crippen molar-refractivity contribution in [3.8, 4) is 0 Å². The van der Waals surface area contributed by atoms with Crippen molar-refractivity contribution in [3.63, 3.8) is 0 Å². The number of fused-ring (bicyclic) bond motifs is 2. The molecule has 1 N–H and O–H groups in total. The zero-order valence-electron chi connectivity index (χ0n) is 16.7. The van der Waals surface area contributed by atoms with Crippen molar-refractivity contribution in [3.05, 3.63) is 29.8 Å². The molecule has 1 aromatic carbocycles. The van der Waals surface area contributed by atoms with Gasteiger partial charge < -0.3 is 28.8 Å². The minimum absolute atomic E-state index is 0.00274. The Labute approximate surface area is 169 Å². The highest BCUT2D eigenvalue weighted by Gasteiger charge is 2.64. The lowest BCUT2D eigenvalue weighted by molar-refractivity contribution is -0.360. The lowest BCUT2D eigenvalue weighted by atomic mass is 9.84. The first-order valence-corrected chi connectivity index (χ1v) is 10.9. The summed E-state index contributed by atoms with van der Waals surface area (Å²) in [5, 5.41) is 11.6. The molecular weight excluding hydrogens is 404 g/mol. The van der Waals surface area contributed by atoms with E-state index in [-0.39, 0.29) is 11.5 Å². The van der Waals surface area contributed by atoms with E-state index in [0.29, 0.717) is 0 Å². The molecule has 0 radical (unpaired) electrons. The van der Waals surface area contributed by atoms with Crippen LogP contribution in [0.2, 0.25) is 0 Å². The molecule has 1 unspecified atom stereocenters. The van der Waals surface area contributed by atoms with Crippen LogP contribution in [0.3, 0.4) is 0 Å². The van der Waals surface area contributed by atoms with E-state index in [1.54, 1.807) is 32.9 Å². The highest BCUT2D eigenvalue weighted by atomic mass is 32.2. The standard InChI is InChI=1S/C19H26O9S/c1-11-5-7-13(8-6-11)29(21,22)24-10-19(20)15-14(9-23-12(2)25-15)26-17-16(19)27-18(3,4)28-17/h5-8,12,14-17,20H,9-10H2,1-4H3/t12?,14-,15-,16+,17-,19+/m1/s1. The molecule has 3 fully saturated rings. The van der Waals surface area contributed by atoms with Crippen LogP contribution in [0.15, 0.2) is 29.2 Å². The van der Waals surface area contributed by atoms with Crippen molar-refractivity contribution in [2.45, 2.75) is 74.9 Å². The zero-order valence-corrected chi connectivity index (χ0v) is 17.5. The predicted molar refractivity (Wildman–Crippen MR) is 98.3 cm³/mol. The summed E-state index contributed by atoms with van der Waals surface area (Å²) in [6, 6.07) is 6.25. The Morgan fingerprint density at radius 1 is 1.14 bits per heavy atom. The van der Waals surface area contributed by atoms with Crippen molar-refractivity contribution in [2.24, 2.45) is 0 Å². The molecule has 6 atom stereocenters. The van der Waals surface area contributed by atoms with Crippen LogP contribution in [-0.2, 0) is 38.0 Å². The van der Waals surface area contributed by atoms with Crippen LogP contribution in [0, 0.1) is 6.92 Å². The fourth-order valence-corrected chi connectivity index (χ4v) is 4.76. The van der Waals surface area contributed by atoms with Gasteiger partial charge >= 0.3 is 0 Å². The second-order valence-electron chi connectivity index (χ2n) is 8.08. The maximum atomic E-state index is 12.7. The smallest absolute Gasteiger partial charge is 0.297 e. The molecule has 9 nitrogen and oxygen atoms in total. The van der Waals surface area contributed by atoms with Gasteiger partial charge in [0.05, 0.1) is 11.5 Å². The monoisotopic (exact) mass is 430 g/mol. The molecular formula is C19H26O9S. The second-order valence-corrected chi connectivity index (χ2v) is 9.69. The Hall–Kier alpha value is -1.11. The van der Waals surface area contributed by atoms with Gasteiger partial charge in [0.2, 0.25) is 0 Å². The summed E-state index contributed by atoms with van der Waals surface area (Å²) in [7, 11) is -4.11. The fourth-order valence-electron chi connectivity index (χ4n) is 3.81. The lowest BCUT2D eigenvalue weighted by Gasteiger charge is -2.50. The van der Waals surface area contributed by atoms with Gasteiger partial charge in [-0.3, -0.25) is 4.18 Å². The number of hydrogen-bond acceptors (Lipinski definition) is 9. The summed E-state index contributed by atoms with van der Waals surface area (Å²) in [5.74, 6) is -1.03. The third-order valence-electron chi connectivity index (χ3n) is 5.28. The van der Waals surface area contributed by atoms with Gasteiger partial charge in [-0.2, -0.15) is 8.42 Å². The van der Waals surface area contributed by atoms with Crippen molar-refractivity contribution < 1.29 is 41.4 Å². The summed E-state index contributed by atoms with van der Waals surface area (Å²) >= 11 is 0. The number of hydrogen-bond donors (Lipinski definition) is 1. The number of benzene rings is 1. The Balaban J connectivity index is 1.61. The van der Waals surface area contributed by atoms with Crippen LogP contribution in [0.1, 0.15) is 26.3 Å². The Morgan fingerprint density at radius 3 is 2.52 bits per heavy atom. The van der Waals surface area contributed by atoms with Gasteiger partial charge in [0.25, 0.3) is 10.1 Å². The van der Waals surface area contributed by atoms with Crippen LogP contribution in [-0.4, -0.2) is 69.0 Å². The average Bonchev–Trinajstić information content (AvgIpc) is 2.96. The maximum Gasteiger partial charge on any atom is 0.297 e. The van der Waals surface area contributed by atoms with E-state index >= 15 is 0 Å². The van der Waals surface area contributed by atoms with Gasteiger partial charge in [0, 0.05) is 0 Å². The maximum absolute atomic E-state index is 12.7. The molecule has 0 aromatic heterocycles. The molecule has 0 amide bonds. The van der Waals surface area contributed by atoms with Crippen molar-refractivity contribution in [2.75, 3.05) is 13.2 Å². The minimum Gasteiger partial charge on any atom is -0.382 e. The van der Waals surface area contributed by atoms with Crippen LogP contribution in [0.4, 0.5) is 0 Å². The van der Waals surface area contributed by atoms with Crippen molar-refractivity contribution in [1.29, 1.82) is 0 Å². The van der Waals surface area contributed by atoms with E-state index in [1.165, 1.54) is 12.1 Å². The molecule has 1 aromatic rings. The topological polar surface area (TPSA) is 110 Å².